The standard InChI is InChI=1S/C16H21ClN4S.HI/c1-4-18-16(20-10-15-19-9-12(2)22-15)21(3)11-13-6-5-7-14(17)8-13;/h5-9H,4,10-11H2,1-3H3,(H,18,20);1H. The van der Waals surface area contributed by atoms with E-state index in [1.807, 2.05) is 31.4 Å². The van der Waals surface area contributed by atoms with Crippen molar-refractivity contribution in [2.45, 2.75) is 26.9 Å². The van der Waals surface area contributed by atoms with Crippen LogP contribution < -0.4 is 5.32 Å². The topological polar surface area (TPSA) is 40.5 Å². The van der Waals surface area contributed by atoms with E-state index in [2.05, 4.69) is 40.1 Å². The molecule has 0 aliphatic heterocycles. The lowest BCUT2D eigenvalue weighted by molar-refractivity contribution is 0.477. The predicted molar refractivity (Wildman–Crippen MR) is 110 cm³/mol. The van der Waals surface area contributed by atoms with Gasteiger partial charge < -0.3 is 10.2 Å². The lowest BCUT2D eigenvalue weighted by Gasteiger charge is -2.22. The molecule has 4 nitrogen and oxygen atoms in total. The van der Waals surface area contributed by atoms with Crippen molar-refractivity contribution >= 4 is 52.9 Å². The average Bonchev–Trinajstić information content (AvgIpc) is 2.89. The lowest BCUT2D eigenvalue weighted by atomic mass is 10.2. The second-order valence-corrected chi connectivity index (χ2v) is 6.78. The van der Waals surface area contributed by atoms with Crippen LogP contribution >= 0.6 is 46.9 Å². The Morgan fingerprint density at radius 2 is 2.22 bits per heavy atom. The Morgan fingerprint density at radius 1 is 1.43 bits per heavy atom. The summed E-state index contributed by atoms with van der Waals surface area (Å²) in [6.07, 6.45) is 1.89. The Labute approximate surface area is 164 Å². The van der Waals surface area contributed by atoms with Crippen LogP contribution in [0.1, 0.15) is 22.4 Å². The SMILES string of the molecule is CCNC(=NCc1ncc(C)s1)N(C)Cc1cccc(Cl)c1.I. The highest BCUT2D eigenvalue weighted by atomic mass is 127. The number of guanidine groups is 1. The molecule has 0 radical (unpaired) electrons. The minimum absolute atomic E-state index is 0. The normalized spacial score (nSPS) is 11.0. The molecule has 1 aromatic carbocycles. The second-order valence-electron chi connectivity index (χ2n) is 5.02. The van der Waals surface area contributed by atoms with Crippen molar-refractivity contribution in [3.05, 3.63) is 50.9 Å². The molecular weight excluding hydrogens is 443 g/mol. The van der Waals surface area contributed by atoms with E-state index in [0.29, 0.717) is 6.54 Å². The van der Waals surface area contributed by atoms with Gasteiger partial charge in [-0.15, -0.1) is 35.3 Å². The molecule has 7 heteroatoms. The fraction of sp³-hybridized carbons (Fsp3) is 0.375. The number of nitrogens with zero attached hydrogens (tertiary/aromatic N) is 3. The summed E-state index contributed by atoms with van der Waals surface area (Å²) in [6.45, 7) is 6.30. The molecular formula is C16H22ClIN4S. The van der Waals surface area contributed by atoms with Gasteiger partial charge in [0.25, 0.3) is 0 Å². The molecule has 0 spiro atoms. The van der Waals surface area contributed by atoms with Crippen LogP contribution in [0.15, 0.2) is 35.5 Å². The molecule has 0 bridgehead atoms. The molecule has 0 saturated carbocycles. The predicted octanol–water partition coefficient (Wildman–Crippen LogP) is 4.32. The molecule has 2 rings (SSSR count). The van der Waals surface area contributed by atoms with Gasteiger partial charge in [-0.05, 0) is 31.5 Å². The molecule has 0 aliphatic rings. The highest BCUT2D eigenvalue weighted by Crippen LogP contribution is 2.14. The molecule has 1 N–H and O–H groups in total. The van der Waals surface area contributed by atoms with Gasteiger partial charge in [0, 0.05) is 36.2 Å². The zero-order valence-electron chi connectivity index (χ0n) is 13.5. The Balaban J connectivity index is 0.00000264. The molecule has 126 valence electrons. The molecule has 0 unspecified atom stereocenters. The van der Waals surface area contributed by atoms with E-state index < -0.39 is 0 Å². The van der Waals surface area contributed by atoms with Crippen LogP contribution in [0.2, 0.25) is 5.02 Å². The smallest absolute Gasteiger partial charge is 0.194 e. The highest BCUT2D eigenvalue weighted by Gasteiger charge is 2.07. The van der Waals surface area contributed by atoms with Gasteiger partial charge in [-0.2, -0.15) is 0 Å². The molecule has 2 aromatic rings. The monoisotopic (exact) mass is 464 g/mol. The van der Waals surface area contributed by atoms with Gasteiger partial charge in [-0.3, -0.25) is 0 Å². The lowest BCUT2D eigenvalue weighted by Crippen LogP contribution is -2.38. The maximum absolute atomic E-state index is 6.04. The fourth-order valence-corrected chi connectivity index (χ4v) is 3.00. The number of rotatable bonds is 5. The van der Waals surface area contributed by atoms with E-state index in [1.165, 1.54) is 4.88 Å². The minimum Gasteiger partial charge on any atom is -0.357 e. The summed E-state index contributed by atoms with van der Waals surface area (Å²) < 4.78 is 0. The molecule has 1 aromatic heterocycles. The number of aliphatic imine (C=N–C) groups is 1. The molecule has 0 amide bonds. The second kappa shape index (κ2) is 10.1. The number of hydrogen-bond acceptors (Lipinski definition) is 3. The number of halogens is 2. The first-order valence-corrected chi connectivity index (χ1v) is 8.43. The first-order valence-electron chi connectivity index (χ1n) is 7.23. The van der Waals surface area contributed by atoms with Crippen LogP contribution in [0, 0.1) is 6.92 Å². The van der Waals surface area contributed by atoms with Crippen LogP contribution in [0.3, 0.4) is 0 Å². The van der Waals surface area contributed by atoms with Crippen molar-refractivity contribution in [2.75, 3.05) is 13.6 Å². The van der Waals surface area contributed by atoms with E-state index in [4.69, 9.17) is 11.6 Å². The van der Waals surface area contributed by atoms with E-state index in [9.17, 15) is 0 Å². The fourth-order valence-electron chi connectivity index (χ4n) is 2.07. The van der Waals surface area contributed by atoms with Gasteiger partial charge in [0.1, 0.15) is 5.01 Å². The largest absolute Gasteiger partial charge is 0.357 e. The number of nitrogens with one attached hydrogen (secondary N) is 1. The molecule has 23 heavy (non-hydrogen) atoms. The van der Waals surface area contributed by atoms with E-state index in [0.717, 1.165) is 34.6 Å². The summed E-state index contributed by atoms with van der Waals surface area (Å²) in [5, 5.41) is 5.10. The van der Waals surface area contributed by atoms with Gasteiger partial charge in [0.2, 0.25) is 0 Å². The highest BCUT2D eigenvalue weighted by molar-refractivity contribution is 14.0. The number of hydrogen-bond donors (Lipinski definition) is 1. The zero-order valence-corrected chi connectivity index (χ0v) is 17.4. The van der Waals surface area contributed by atoms with Gasteiger partial charge in [0.05, 0.1) is 6.54 Å². The Bertz CT molecular complexity index is 645. The summed E-state index contributed by atoms with van der Waals surface area (Å²) in [6, 6.07) is 7.89. The summed E-state index contributed by atoms with van der Waals surface area (Å²) in [5.74, 6) is 0.871. The van der Waals surface area contributed by atoms with E-state index >= 15 is 0 Å². The van der Waals surface area contributed by atoms with Crippen LogP contribution in [-0.2, 0) is 13.1 Å². The molecule has 1 heterocycles. The van der Waals surface area contributed by atoms with Gasteiger partial charge >= 0.3 is 0 Å². The average molecular weight is 465 g/mol. The number of benzene rings is 1. The summed E-state index contributed by atoms with van der Waals surface area (Å²) in [5.41, 5.74) is 1.16. The van der Waals surface area contributed by atoms with E-state index in [-0.39, 0.29) is 24.0 Å². The summed E-state index contributed by atoms with van der Waals surface area (Å²) >= 11 is 7.72. The van der Waals surface area contributed by atoms with E-state index in [1.54, 1.807) is 11.3 Å². The Morgan fingerprint density at radius 3 is 2.83 bits per heavy atom. The van der Waals surface area contributed by atoms with Crippen LogP contribution in [-0.4, -0.2) is 29.4 Å². The van der Waals surface area contributed by atoms with Crippen LogP contribution in [0.25, 0.3) is 0 Å². The minimum atomic E-state index is 0. The van der Waals surface area contributed by atoms with Gasteiger partial charge in [-0.1, -0.05) is 23.7 Å². The number of aryl methyl sites for hydroxylation is 1. The zero-order chi connectivity index (χ0) is 15.9. The maximum Gasteiger partial charge on any atom is 0.194 e. The molecule has 0 aliphatic carbocycles. The third-order valence-electron chi connectivity index (χ3n) is 3.04. The molecule has 0 fully saturated rings. The summed E-state index contributed by atoms with van der Waals surface area (Å²) in [7, 11) is 2.02. The molecule has 0 saturated heterocycles. The third kappa shape index (κ3) is 6.64. The Kier molecular flexibility index (Phi) is 8.86. The first kappa shape index (κ1) is 20.2. The first-order chi connectivity index (χ1) is 10.6. The van der Waals surface area contributed by atoms with Crippen molar-refractivity contribution in [1.29, 1.82) is 0 Å². The van der Waals surface area contributed by atoms with Crippen LogP contribution in [0.5, 0.6) is 0 Å². The maximum atomic E-state index is 6.04. The number of aromatic nitrogens is 1. The quantitative estimate of drug-likeness (QED) is 0.407. The van der Waals surface area contributed by atoms with Crippen molar-refractivity contribution in [3.8, 4) is 0 Å². The molecule has 0 atom stereocenters. The van der Waals surface area contributed by atoms with Gasteiger partial charge in [0.15, 0.2) is 5.96 Å². The van der Waals surface area contributed by atoms with Gasteiger partial charge in [-0.25, -0.2) is 9.98 Å². The van der Waals surface area contributed by atoms with Crippen molar-refractivity contribution in [1.82, 2.24) is 15.2 Å². The third-order valence-corrected chi connectivity index (χ3v) is 4.17. The summed E-state index contributed by atoms with van der Waals surface area (Å²) in [4.78, 5) is 12.3. The number of thiazole rings is 1. The van der Waals surface area contributed by atoms with Crippen molar-refractivity contribution in [2.24, 2.45) is 4.99 Å². The Hall–Kier alpha value is -0.860. The van der Waals surface area contributed by atoms with Crippen LogP contribution in [0.4, 0.5) is 0 Å². The van der Waals surface area contributed by atoms with Crippen molar-refractivity contribution < 1.29 is 0 Å². The van der Waals surface area contributed by atoms with Crippen molar-refractivity contribution in [3.63, 3.8) is 0 Å².